The SMILES string of the molecule is CC(=O)N1c2ccc(-c3ccc(C(=O)NCCNC(=O)OC(C)(C)C)cc3)cc2[C@H](Nc2ccc(C#N)cn2)C[C@@H]1C. The summed E-state index contributed by atoms with van der Waals surface area (Å²) in [5.41, 5.74) is 4.06. The molecular formula is C32H36N6O4. The Morgan fingerprint density at radius 1 is 1.02 bits per heavy atom. The van der Waals surface area contributed by atoms with Crippen molar-refractivity contribution in [3.63, 3.8) is 0 Å². The van der Waals surface area contributed by atoms with Crippen molar-refractivity contribution in [2.75, 3.05) is 23.3 Å². The molecule has 0 fully saturated rings. The second-order valence-corrected chi connectivity index (χ2v) is 11.3. The summed E-state index contributed by atoms with van der Waals surface area (Å²) in [4.78, 5) is 43.1. The van der Waals surface area contributed by atoms with Crippen LogP contribution in [-0.2, 0) is 9.53 Å². The van der Waals surface area contributed by atoms with Gasteiger partial charge in [0, 0.05) is 43.5 Å². The maximum absolute atomic E-state index is 12.6. The number of carbonyl (C=O) groups is 3. The first-order valence-electron chi connectivity index (χ1n) is 13.9. The molecule has 1 aromatic heterocycles. The van der Waals surface area contributed by atoms with Crippen LogP contribution in [-0.4, -0.2) is 47.6 Å². The molecular weight excluding hydrogens is 532 g/mol. The van der Waals surface area contributed by atoms with Gasteiger partial charge >= 0.3 is 6.09 Å². The van der Waals surface area contributed by atoms with Crippen molar-refractivity contribution in [2.24, 2.45) is 0 Å². The van der Waals surface area contributed by atoms with Crippen molar-refractivity contribution < 1.29 is 19.1 Å². The van der Waals surface area contributed by atoms with E-state index in [0.29, 0.717) is 23.4 Å². The molecule has 0 spiro atoms. The molecule has 2 atom stereocenters. The summed E-state index contributed by atoms with van der Waals surface area (Å²) in [7, 11) is 0. The van der Waals surface area contributed by atoms with E-state index in [1.807, 2.05) is 36.1 Å². The van der Waals surface area contributed by atoms with Crippen molar-refractivity contribution in [3.05, 3.63) is 77.5 Å². The average Bonchev–Trinajstić information content (AvgIpc) is 2.94. The van der Waals surface area contributed by atoms with Crippen LogP contribution in [0, 0.1) is 11.3 Å². The Labute approximate surface area is 246 Å². The van der Waals surface area contributed by atoms with Crippen LogP contribution in [0.25, 0.3) is 11.1 Å². The van der Waals surface area contributed by atoms with Crippen molar-refractivity contribution in [3.8, 4) is 17.2 Å². The lowest BCUT2D eigenvalue weighted by Gasteiger charge is -2.39. The van der Waals surface area contributed by atoms with E-state index in [0.717, 1.165) is 22.4 Å². The van der Waals surface area contributed by atoms with Gasteiger partial charge in [0.15, 0.2) is 0 Å². The van der Waals surface area contributed by atoms with Gasteiger partial charge in [-0.2, -0.15) is 5.26 Å². The van der Waals surface area contributed by atoms with E-state index in [-0.39, 0.29) is 37.0 Å². The molecule has 4 rings (SSSR count). The summed E-state index contributed by atoms with van der Waals surface area (Å²) in [5.74, 6) is 0.377. The first-order valence-corrected chi connectivity index (χ1v) is 13.9. The van der Waals surface area contributed by atoms with Crippen LogP contribution >= 0.6 is 0 Å². The number of amides is 3. The molecule has 1 aliphatic rings. The van der Waals surface area contributed by atoms with Crippen LogP contribution in [0.15, 0.2) is 60.8 Å². The first-order chi connectivity index (χ1) is 19.9. The van der Waals surface area contributed by atoms with Crippen molar-refractivity contribution >= 4 is 29.4 Å². The van der Waals surface area contributed by atoms with Gasteiger partial charge < -0.3 is 25.6 Å². The van der Waals surface area contributed by atoms with Crippen LogP contribution in [0.2, 0.25) is 0 Å². The van der Waals surface area contributed by atoms with Gasteiger partial charge in [0.1, 0.15) is 17.5 Å². The third-order valence-electron chi connectivity index (χ3n) is 6.79. The number of pyridine rings is 1. The molecule has 0 unspecified atom stereocenters. The number of ether oxygens (including phenoxy) is 1. The summed E-state index contributed by atoms with van der Waals surface area (Å²) in [6, 6.07) is 18.7. The van der Waals surface area contributed by atoms with Crippen molar-refractivity contribution in [1.82, 2.24) is 15.6 Å². The van der Waals surface area contributed by atoms with E-state index in [2.05, 4.69) is 33.1 Å². The largest absolute Gasteiger partial charge is 0.444 e. The normalized spacial score (nSPS) is 16.0. The average molecular weight is 569 g/mol. The highest BCUT2D eigenvalue weighted by atomic mass is 16.6. The number of aromatic nitrogens is 1. The van der Waals surface area contributed by atoms with Gasteiger partial charge in [0.05, 0.1) is 11.6 Å². The van der Waals surface area contributed by atoms with E-state index in [4.69, 9.17) is 10.00 Å². The predicted molar refractivity (Wildman–Crippen MR) is 161 cm³/mol. The Bertz CT molecular complexity index is 1490. The van der Waals surface area contributed by atoms with Gasteiger partial charge in [-0.1, -0.05) is 18.2 Å². The lowest BCUT2D eigenvalue weighted by atomic mass is 9.89. The van der Waals surface area contributed by atoms with Crippen LogP contribution in [0.4, 0.5) is 16.3 Å². The third kappa shape index (κ3) is 7.43. The molecule has 10 nitrogen and oxygen atoms in total. The molecule has 3 amide bonds. The molecule has 218 valence electrons. The molecule has 0 saturated carbocycles. The molecule has 2 heterocycles. The quantitative estimate of drug-likeness (QED) is 0.334. The van der Waals surface area contributed by atoms with E-state index in [9.17, 15) is 14.4 Å². The van der Waals surface area contributed by atoms with Crippen LogP contribution in [0.1, 0.15) is 68.6 Å². The Kier molecular flexibility index (Phi) is 9.11. The number of rotatable bonds is 7. The van der Waals surface area contributed by atoms with Crippen LogP contribution in [0.5, 0.6) is 0 Å². The smallest absolute Gasteiger partial charge is 0.407 e. The minimum atomic E-state index is -0.585. The minimum Gasteiger partial charge on any atom is -0.444 e. The number of hydrogen-bond acceptors (Lipinski definition) is 7. The van der Waals surface area contributed by atoms with Gasteiger partial charge in [-0.25, -0.2) is 9.78 Å². The third-order valence-corrected chi connectivity index (χ3v) is 6.79. The van der Waals surface area contributed by atoms with Crippen molar-refractivity contribution in [2.45, 2.75) is 58.7 Å². The first kappa shape index (κ1) is 30.1. The van der Waals surface area contributed by atoms with Crippen LogP contribution in [0.3, 0.4) is 0 Å². The zero-order chi connectivity index (χ0) is 30.4. The Balaban J connectivity index is 1.48. The molecule has 0 saturated heterocycles. The minimum absolute atomic E-state index is 0.0196. The molecule has 3 N–H and O–H groups in total. The zero-order valence-corrected chi connectivity index (χ0v) is 24.5. The number of carbonyl (C=O) groups excluding carboxylic acids is 3. The highest BCUT2D eigenvalue weighted by Gasteiger charge is 2.33. The molecule has 0 radical (unpaired) electrons. The van der Waals surface area contributed by atoms with Gasteiger partial charge in [0.25, 0.3) is 5.91 Å². The summed E-state index contributed by atoms with van der Waals surface area (Å²) in [6.07, 6.45) is 1.68. The standard InChI is InChI=1S/C32H36N6O4/c1-20-16-27(37-29-13-6-22(18-33)19-36-29)26-17-25(11-12-28(26)38(20)21(2)39)23-7-9-24(10-8-23)30(40)34-14-15-35-31(41)42-32(3,4)5/h6-13,17,19-20,27H,14-16H2,1-5H3,(H,34,40)(H,35,41)(H,36,37)/t20-,27+/m0/s1. The monoisotopic (exact) mass is 568 g/mol. The lowest BCUT2D eigenvalue weighted by molar-refractivity contribution is -0.117. The summed E-state index contributed by atoms with van der Waals surface area (Å²) in [5, 5.41) is 18.0. The number of hydrogen-bond donors (Lipinski definition) is 3. The second-order valence-electron chi connectivity index (χ2n) is 11.3. The maximum Gasteiger partial charge on any atom is 0.407 e. The van der Waals surface area contributed by atoms with Gasteiger partial charge in [-0.3, -0.25) is 9.59 Å². The van der Waals surface area contributed by atoms with Crippen LogP contribution < -0.4 is 20.9 Å². The van der Waals surface area contributed by atoms with E-state index >= 15 is 0 Å². The van der Waals surface area contributed by atoms with Gasteiger partial charge in [-0.05, 0) is 87.2 Å². The molecule has 1 aliphatic heterocycles. The summed E-state index contributed by atoms with van der Waals surface area (Å²) in [6.45, 7) is 9.46. The molecule has 42 heavy (non-hydrogen) atoms. The Morgan fingerprint density at radius 3 is 2.33 bits per heavy atom. The van der Waals surface area contributed by atoms with E-state index in [1.54, 1.807) is 52.0 Å². The summed E-state index contributed by atoms with van der Waals surface area (Å²) < 4.78 is 5.19. The highest BCUT2D eigenvalue weighted by Crippen LogP contribution is 2.41. The number of alkyl carbamates (subject to hydrolysis) is 1. The topological polar surface area (TPSA) is 136 Å². The second kappa shape index (κ2) is 12.7. The number of benzene rings is 2. The Morgan fingerprint density at radius 2 is 1.71 bits per heavy atom. The van der Waals surface area contributed by atoms with Gasteiger partial charge in [-0.15, -0.1) is 0 Å². The lowest BCUT2D eigenvalue weighted by Crippen LogP contribution is -2.43. The Hall–Kier alpha value is -4.91. The maximum atomic E-state index is 12.6. The number of nitrogens with zero attached hydrogens (tertiary/aromatic N) is 3. The zero-order valence-electron chi connectivity index (χ0n) is 24.5. The molecule has 0 bridgehead atoms. The highest BCUT2D eigenvalue weighted by molar-refractivity contribution is 5.95. The number of nitrogens with one attached hydrogen (secondary N) is 3. The summed E-state index contributed by atoms with van der Waals surface area (Å²) >= 11 is 0. The number of nitriles is 1. The number of anilines is 2. The number of fused-ring (bicyclic) bond motifs is 1. The fourth-order valence-electron chi connectivity index (χ4n) is 4.95. The van der Waals surface area contributed by atoms with Crippen molar-refractivity contribution in [1.29, 1.82) is 5.26 Å². The van der Waals surface area contributed by atoms with Gasteiger partial charge in [0.2, 0.25) is 5.91 Å². The van der Waals surface area contributed by atoms with E-state index in [1.165, 1.54) is 6.20 Å². The fraction of sp³-hybridized carbons (Fsp3) is 0.344. The molecule has 3 aromatic rings. The fourth-order valence-corrected chi connectivity index (χ4v) is 4.95. The molecule has 10 heteroatoms. The molecule has 2 aromatic carbocycles. The molecule has 0 aliphatic carbocycles. The van der Waals surface area contributed by atoms with E-state index < -0.39 is 11.7 Å². The predicted octanol–water partition coefficient (Wildman–Crippen LogP) is 5.17.